The number of aliphatic carboxylic acids is 1. The standard InChI is InChI=1S/C10H10O4.CH4O/c1-14-9-4-2-7(6-8(9)11)3-5-10(12)13;1-2/h2-6,11H,1H3,(H,12,13);2H,1H3. The number of carboxylic acid groups (broad SMARTS) is 1. The lowest BCUT2D eigenvalue weighted by Gasteiger charge is -2.02. The van der Waals surface area contributed by atoms with E-state index in [1.54, 1.807) is 12.1 Å². The molecular weight excluding hydrogens is 212 g/mol. The second-order valence-corrected chi connectivity index (χ2v) is 2.60. The van der Waals surface area contributed by atoms with Crippen molar-refractivity contribution >= 4 is 12.0 Å². The fraction of sp³-hybridized carbons (Fsp3) is 0.182. The Labute approximate surface area is 93.2 Å². The Bertz CT molecular complexity index is 371. The average molecular weight is 226 g/mol. The summed E-state index contributed by atoms with van der Waals surface area (Å²) in [4.78, 5) is 10.2. The van der Waals surface area contributed by atoms with Crippen LogP contribution in [0.5, 0.6) is 11.5 Å². The topological polar surface area (TPSA) is 87.0 Å². The first-order chi connectivity index (χ1) is 7.63. The molecule has 0 heterocycles. The summed E-state index contributed by atoms with van der Waals surface area (Å²) in [7, 11) is 2.45. The molecular formula is C11H14O5. The minimum Gasteiger partial charge on any atom is -0.504 e. The Hall–Kier alpha value is -2.01. The number of carboxylic acids is 1. The van der Waals surface area contributed by atoms with E-state index in [9.17, 15) is 9.90 Å². The number of benzene rings is 1. The third kappa shape index (κ3) is 4.47. The molecule has 0 aromatic heterocycles. The quantitative estimate of drug-likeness (QED) is 0.672. The number of ether oxygens (including phenoxy) is 1. The molecule has 1 aromatic rings. The van der Waals surface area contributed by atoms with Gasteiger partial charge in [-0.15, -0.1) is 0 Å². The number of rotatable bonds is 3. The van der Waals surface area contributed by atoms with E-state index < -0.39 is 5.97 Å². The third-order valence-electron chi connectivity index (χ3n) is 1.62. The van der Waals surface area contributed by atoms with Crippen LogP contribution in [0, 0.1) is 0 Å². The number of aliphatic hydroxyl groups excluding tert-OH is 1. The Kier molecular flexibility index (Phi) is 6.39. The molecule has 5 nitrogen and oxygen atoms in total. The monoisotopic (exact) mass is 226 g/mol. The van der Waals surface area contributed by atoms with Gasteiger partial charge in [-0.25, -0.2) is 4.79 Å². The normalized spacial score (nSPS) is 9.44. The Morgan fingerprint density at radius 2 is 2.00 bits per heavy atom. The number of hydrogen-bond acceptors (Lipinski definition) is 4. The zero-order valence-corrected chi connectivity index (χ0v) is 9.04. The van der Waals surface area contributed by atoms with Crippen LogP contribution in [0.15, 0.2) is 24.3 Å². The van der Waals surface area contributed by atoms with Crippen LogP contribution in [-0.2, 0) is 4.79 Å². The average Bonchev–Trinajstić information content (AvgIpc) is 2.29. The lowest BCUT2D eigenvalue weighted by molar-refractivity contribution is -0.131. The first kappa shape index (κ1) is 14.0. The highest BCUT2D eigenvalue weighted by molar-refractivity contribution is 5.85. The zero-order chi connectivity index (χ0) is 12.6. The number of hydrogen-bond donors (Lipinski definition) is 3. The fourth-order valence-corrected chi connectivity index (χ4v) is 0.978. The van der Waals surface area contributed by atoms with Crippen molar-refractivity contribution in [3.05, 3.63) is 29.8 Å². The molecule has 3 N–H and O–H groups in total. The van der Waals surface area contributed by atoms with Crippen molar-refractivity contribution in [1.82, 2.24) is 0 Å². The third-order valence-corrected chi connectivity index (χ3v) is 1.62. The summed E-state index contributed by atoms with van der Waals surface area (Å²) in [5.74, 6) is -0.683. The number of aliphatic hydroxyl groups is 1. The van der Waals surface area contributed by atoms with Gasteiger partial charge in [0.2, 0.25) is 0 Å². The maximum atomic E-state index is 10.2. The summed E-state index contributed by atoms with van der Waals surface area (Å²) < 4.78 is 4.84. The highest BCUT2D eigenvalue weighted by atomic mass is 16.5. The molecule has 5 heteroatoms. The maximum Gasteiger partial charge on any atom is 0.328 e. The number of methoxy groups -OCH3 is 1. The van der Waals surface area contributed by atoms with Crippen LogP contribution in [-0.4, -0.2) is 35.5 Å². The second kappa shape index (κ2) is 7.30. The van der Waals surface area contributed by atoms with E-state index in [0.717, 1.165) is 13.2 Å². The Morgan fingerprint density at radius 1 is 1.38 bits per heavy atom. The van der Waals surface area contributed by atoms with Crippen molar-refractivity contribution in [2.75, 3.05) is 14.2 Å². The highest BCUT2D eigenvalue weighted by Gasteiger charge is 2.00. The fourth-order valence-electron chi connectivity index (χ4n) is 0.978. The minimum absolute atomic E-state index is 0.0139. The summed E-state index contributed by atoms with van der Waals surface area (Å²) in [6, 6.07) is 4.65. The van der Waals surface area contributed by atoms with Gasteiger partial charge in [-0.05, 0) is 23.8 Å². The van der Waals surface area contributed by atoms with Crippen LogP contribution in [0.1, 0.15) is 5.56 Å². The number of phenolic OH excluding ortho intramolecular Hbond substituents is 1. The van der Waals surface area contributed by atoms with Gasteiger partial charge in [-0.1, -0.05) is 6.07 Å². The highest BCUT2D eigenvalue weighted by Crippen LogP contribution is 2.26. The van der Waals surface area contributed by atoms with E-state index >= 15 is 0 Å². The van der Waals surface area contributed by atoms with Crippen molar-refractivity contribution in [2.24, 2.45) is 0 Å². The van der Waals surface area contributed by atoms with E-state index in [4.69, 9.17) is 14.9 Å². The Morgan fingerprint density at radius 3 is 2.44 bits per heavy atom. The summed E-state index contributed by atoms with van der Waals surface area (Å²) in [5, 5.41) is 24.7. The summed E-state index contributed by atoms with van der Waals surface area (Å²) in [6.07, 6.45) is 2.39. The van der Waals surface area contributed by atoms with Crippen molar-refractivity contribution in [3.8, 4) is 11.5 Å². The van der Waals surface area contributed by atoms with Gasteiger partial charge in [0, 0.05) is 13.2 Å². The van der Waals surface area contributed by atoms with E-state index in [0.29, 0.717) is 11.3 Å². The SMILES string of the molecule is CO.COc1ccc(C=CC(=O)O)cc1O. The summed E-state index contributed by atoms with van der Waals surface area (Å²) in [6.45, 7) is 0. The molecule has 0 atom stereocenters. The van der Waals surface area contributed by atoms with Gasteiger partial charge in [-0.3, -0.25) is 0 Å². The lowest BCUT2D eigenvalue weighted by Crippen LogP contribution is -1.86. The van der Waals surface area contributed by atoms with Crippen LogP contribution in [0.4, 0.5) is 0 Å². The van der Waals surface area contributed by atoms with E-state index in [-0.39, 0.29) is 5.75 Å². The van der Waals surface area contributed by atoms with Crippen molar-refractivity contribution in [1.29, 1.82) is 0 Å². The lowest BCUT2D eigenvalue weighted by atomic mass is 10.2. The van der Waals surface area contributed by atoms with Crippen molar-refractivity contribution < 1.29 is 24.9 Å². The largest absolute Gasteiger partial charge is 0.504 e. The molecule has 0 saturated carbocycles. The number of carbonyl (C=O) groups is 1. The van der Waals surface area contributed by atoms with Crippen LogP contribution in [0.2, 0.25) is 0 Å². The van der Waals surface area contributed by atoms with Gasteiger partial charge in [0.15, 0.2) is 11.5 Å². The van der Waals surface area contributed by atoms with Crippen LogP contribution < -0.4 is 4.74 Å². The van der Waals surface area contributed by atoms with Gasteiger partial charge in [0.05, 0.1) is 7.11 Å². The van der Waals surface area contributed by atoms with E-state index in [1.165, 1.54) is 19.3 Å². The van der Waals surface area contributed by atoms with E-state index in [1.807, 2.05) is 0 Å². The molecule has 1 rings (SSSR count). The van der Waals surface area contributed by atoms with Gasteiger partial charge in [-0.2, -0.15) is 0 Å². The molecule has 0 aliphatic carbocycles. The minimum atomic E-state index is -1.03. The second-order valence-electron chi connectivity index (χ2n) is 2.60. The molecule has 16 heavy (non-hydrogen) atoms. The van der Waals surface area contributed by atoms with Crippen LogP contribution >= 0.6 is 0 Å². The van der Waals surface area contributed by atoms with Gasteiger partial charge in [0.1, 0.15) is 0 Å². The molecule has 0 fully saturated rings. The molecule has 0 amide bonds. The first-order valence-corrected chi connectivity index (χ1v) is 4.36. The summed E-state index contributed by atoms with van der Waals surface area (Å²) >= 11 is 0. The molecule has 1 aromatic carbocycles. The predicted molar refractivity (Wildman–Crippen MR) is 59.5 cm³/mol. The molecule has 0 aliphatic rings. The van der Waals surface area contributed by atoms with E-state index in [2.05, 4.69) is 0 Å². The summed E-state index contributed by atoms with van der Waals surface area (Å²) in [5.41, 5.74) is 0.603. The number of phenols is 1. The molecule has 88 valence electrons. The zero-order valence-electron chi connectivity index (χ0n) is 9.04. The molecule has 0 aliphatic heterocycles. The molecule has 0 saturated heterocycles. The molecule has 0 spiro atoms. The smallest absolute Gasteiger partial charge is 0.328 e. The van der Waals surface area contributed by atoms with Gasteiger partial charge < -0.3 is 20.1 Å². The van der Waals surface area contributed by atoms with Crippen LogP contribution in [0.25, 0.3) is 6.08 Å². The van der Waals surface area contributed by atoms with Gasteiger partial charge >= 0.3 is 5.97 Å². The molecule has 0 radical (unpaired) electrons. The van der Waals surface area contributed by atoms with Crippen molar-refractivity contribution in [2.45, 2.75) is 0 Å². The van der Waals surface area contributed by atoms with Crippen LogP contribution in [0.3, 0.4) is 0 Å². The van der Waals surface area contributed by atoms with Gasteiger partial charge in [0.25, 0.3) is 0 Å². The predicted octanol–water partition coefficient (Wildman–Crippen LogP) is 1.11. The number of aromatic hydroxyl groups is 1. The molecule has 0 unspecified atom stereocenters. The Balaban J connectivity index is 0.00000106. The molecule has 0 bridgehead atoms. The first-order valence-electron chi connectivity index (χ1n) is 4.36. The van der Waals surface area contributed by atoms with Crippen molar-refractivity contribution in [3.63, 3.8) is 0 Å². The maximum absolute atomic E-state index is 10.2.